The molecule has 5 heterocycles. The summed E-state index contributed by atoms with van der Waals surface area (Å²) in [6.07, 6.45) is 0. The van der Waals surface area contributed by atoms with Crippen molar-refractivity contribution in [2.75, 3.05) is 0 Å². The Labute approximate surface area is 374 Å². The van der Waals surface area contributed by atoms with Crippen LogP contribution in [0.1, 0.15) is 0 Å². The van der Waals surface area contributed by atoms with Gasteiger partial charge in [0, 0.05) is 78.6 Å². The van der Waals surface area contributed by atoms with Crippen molar-refractivity contribution in [1.29, 1.82) is 0 Å². The molecule has 0 bridgehead atoms. The van der Waals surface area contributed by atoms with Gasteiger partial charge in [0.2, 0.25) is 0 Å². The van der Waals surface area contributed by atoms with Crippen LogP contribution in [-0.2, 0) is 0 Å². The van der Waals surface area contributed by atoms with Crippen molar-refractivity contribution in [3.63, 3.8) is 0 Å². The first-order valence-corrected chi connectivity index (χ1v) is 23.1. The van der Waals surface area contributed by atoms with Crippen LogP contribution in [0, 0.1) is 0 Å². The summed E-state index contributed by atoms with van der Waals surface area (Å²) in [5, 5.41) is 9.61. The second kappa shape index (κ2) is 13.8. The molecule has 0 atom stereocenters. The second-order valence-electron chi connectivity index (χ2n) is 16.3. The van der Waals surface area contributed by atoms with Crippen LogP contribution in [0.5, 0.6) is 0 Å². The summed E-state index contributed by atoms with van der Waals surface area (Å²) >= 11 is 3.65. The highest BCUT2D eigenvalue weighted by Gasteiger charge is 2.24. The maximum absolute atomic E-state index is 5.66. The number of fused-ring (bicyclic) bond motifs is 12. The van der Waals surface area contributed by atoms with Crippen molar-refractivity contribution in [2.45, 2.75) is 0 Å². The van der Waals surface area contributed by atoms with Crippen LogP contribution >= 0.6 is 22.7 Å². The van der Waals surface area contributed by atoms with Crippen molar-refractivity contribution in [3.8, 4) is 45.5 Å². The minimum Gasteiger partial charge on any atom is -0.308 e. The quantitative estimate of drug-likeness (QED) is 0.173. The first-order chi connectivity index (χ1) is 31.7. The van der Waals surface area contributed by atoms with Gasteiger partial charge in [0.25, 0.3) is 0 Å². The van der Waals surface area contributed by atoms with Crippen molar-refractivity contribution in [3.05, 3.63) is 200 Å². The summed E-state index contributed by atoms with van der Waals surface area (Å²) in [6, 6.07) is 71.9. The summed E-state index contributed by atoms with van der Waals surface area (Å²) in [5.41, 5.74) is 9.36. The molecule has 5 aromatic heterocycles. The topological polar surface area (TPSA) is 48.5 Å². The highest BCUT2D eigenvalue weighted by molar-refractivity contribution is 7.26. The Hall–Kier alpha value is -7.97. The van der Waals surface area contributed by atoms with E-state index in [2.05, 4.69) is 203 Å². The Balaban J connectivity index is 1.13. The van der Waals surface area contributed by atoms with Gasteiger partial charge in [-0.25, -0.2) is 15.0 Å². The lowest BCUT2D eigenvalue weighted by molar-refractivity contribution is 1.06. The van der Waals surface area contributed by atoms with E-state index in [4.69, 9.17) is 15.0 Å². The lowest BCUT2D eigenvalue weighted by Crippen LogP contribution is -2.05. The predicted octanol–water partition coefficient (Wildman–Crippen LogP) is 15.8. The molecule has 64 heavy (non-hydrogen) atoms. The summed E-state index contributed by atoms with van der Waals surface area (Å²) in [6.45, 7) is 0. The zero-order chi connectivity index (χ0) is 41.9. The third-order valence-corrected chi connectivity index (χ3v) is 15.0. The minimum atomic E-state index is 0.612. The largest absolute Gasteiger partial charge is 0.308 e. The molecule has 298 valence electrons. The van der Waals surface area contributed by atoms with Gasteiger partial charge in [-0.1, -0.05) is 140 Å². The molecule has 0 radical (unpaired) electrons. The van der Waals surface area contributed by atoms with Crippen LogP contribution in [0.15, 0.2) is 200 Å². The Morgan fingerprint density at radius 3 is 1.05 bits per heavy atom. The van der Waals surface area contributed by atoms with E-state index in [1.54, 1.807) is 0 Å². The Morgan fingerprint density at radius 2 is 0.625 bits per heavy atom. The van der Waals surface area contributed by atoms with Crippen molar-refractivity contribution >= 4 is 107 Å². The number of thiophene rings is 2. The number of para-hydroxylation sites is 4. The van der Waals surface area contributed by atoms with Gasteiger partial charge in [0.1, 0.15) is 0 Å². The van der Waals surface area contributed by atoms with Gasteiger partial charge in [0.15, 0.2) is 17.5 Å². The number of benzene rings is 9. The van der Waals surface area contributed by atoms with Crippen LogP contribution < -0.4 is 0 Å². The van der Waals surface area contributed by atoms with Gasteiger partial charge in [-0.3, -0.25) is 0 Å². The van der Waals surface area contributed by atoms with Gasteiger partial charge in [0.05, 0.1) is 33.4 Å². The first-order valence-electron chi connectivity index (χ1n) is 21.4. The summed E-state index contributed by atoms with van der Waals surface area (Å²) in [5.74, 6) is 1.84. The monoisotopic (exact) mass is 851 g/mol. The fourth-order valence-electron chi connectivity index (χ4n) is 9.95. The van der Waals surface area contributed by atoms with Crippen LogP contribution in [0.3, 0.4) is 0 Å². The van der Waals surface area contributed by atoms with Gasteiger partial charge < -0.3 is 9.13 Å². The number of aromatic nitrogens is 5. The summed E-state index contributed by atoms with van der Waals surface area (Å²) < 4.78 is 9.73. The average Bonchev–Trinajstić information content (AvgIpc) is 4.10. The van der Waals surface area contributed by atoms with E-state index in [-0.39, 0.29) is 0 Å². The molecule has 14 aromatic rings. The zero-order valence-corrected chi connectivity index (χ0v) is 35.7. The van der Waals surface area contributed by atoms with Gasteiger partial charge in [-0.05, 0) is 60.7 Å². The number of rotatable bonds is 5. The summed E-state index contributed by atoms with van der Waals surface area (Å²) in [4.78, 5) is 16.6. The van der Waals surface area contributed by atoms with E-state index in [0.717, 1.165) is 50.1 Å². The lowest BCUT2D eigenvalue weighted by atomic mass is 10.0. The fourth-order valence-corrected chi connectivity index (χ4v) is 12.2. The molecule has 0 spiro atoms. The molecule has 5 nitrogen and oxygen atoms in total. The normalized spacial score (nSPS) is 12.1. The average molecular weight is 852 g/mol. The predicted molar refractivity (Wildman–Crippen MR) is 271 cm³/mol. The van der Waals surface area contributed by atoms with Gasteiger partial charge in [-0.2, -0.15) is 0 Å². The van der Waals surface area contributed by atoms with Crippen LogP contribution in [0.4, 0.5) is 0 Å². The highest BCUT2D eigenvalue weighted by Crippen LogP contribution is 2.45. The molecule has 0 aliphatic rings. The first kappa shape index (κ1) is 35.6. The Morgan fingerprint density at radius 1 is 0.281 bits per heavy atom. The molecule has 0 fully saturated rings. The number of hydrogen-bond donors (Lipinski definition) is 0. The summed E-state index contributed by atoms with van der Waals surface area (Å²) in [7, 11) is 0. The molecule has 0 saturated carbocycles. The van der Waals surface area contributed by atoms with Crippen LogP contribution in [-0.4, -0.2) is 24.1 Å². The Bertz CT molecular complexity index is 3850. The highest BCUT2D eigenvalue weighted by atomic mass is 32.1. The molecule has 0 saturated heterocycles. The molecule has 0 aliphatic carbocycles. The number of nitrogens with zero attached hydrogens (tertiary/aromatic N) is 5. The van der Waals surface area contributed by atoms with Crippen LogP contribution in [0.2, 0.25) is 0 Å². The fraction of sp³-hybridized carbons (Fsp3) is 0. The van der Waals surface area contributed by atoms with Crippen LogP contribution in [0.25, 0.3) is 129 Å². The van der Waals surface area contributed by atoms with E-state index < -0.39 is 0 Å². The molecule has 9 aromatic carbocycles. The van der Waals surface area contributed by atoms with Gasteiger partial charge >= 0.3 is 0 Å². The molecule has 0 N–H and O–H groups in total. The second-order valence-corrected chi connectivity index (χ2v) is 18.5. The van der Waals surface area contributed by atoms with E-state index in [0.29, 0.717) is 17.5 Å². The Kier molecular flexibility index (Phi) is 7.66. The maximum atomic E-state index is 5.66. The molecule has 0 amide bonds. The molecule has 14 rings (SSSR count). The van der Waals surface area contributed by atoms with Crippen molar-refractivity contribution in [1.82, 2.24) is 24.1 Å². The van der Waals surface area contributed by atoms with Crippen molar-refractivity contribution in [2.24, 2.45) is 0 Å². The zero-order valence-electron chi connectivity index (χ0n) is 34.1. The SMILES string of the molecule is c1ccc(-c2nc(-c3cc4c(cc3-n3c5ccccc5c5ccccc53)sc3ccccc34)nc(-c3cc4c(cc3-n3c5ccccc5c5ccccc53)sc3ccccc34)n2)cc1. The molecular weight excluding hydrogens is 819 g/mol. The van der Waals surface area contributed by atoms with Gasteiger partial charge in [-0.15, -0.1) is 22.7 Å². The molecule has 0 aliphatic heterocycles. The third-order valence-electron chi connectivity index (χ3n) is 12.8. The maximum Gasteiger partial charge on any atom is 0.166 e. The lowest BCUT2D eigenvalue weighted by Gasteiger charge is -2.17. The van der Waals surface area contributed by atoms with E-state index in [1.807, 2.05) is 28.7 Å². The standard InChI is InChI=1S/C57H33N5S2/c1-2-16-34(17-3-1)55-58-56(43-30-41-39-22-8-14-28-51(39)63-53(41)32-49(43)61-45-24-10-4-18-35(45)36-19-5-11-25-46(36)61)60-57(59-55)44-31-42-40-23-9-15-29-52(40)64-54(42)33-50(44)62-47-26-12-6-20-37(47)38-21-7-13-27-48(38)62/h1-33H. The minimum absolute atomic E-state index is 0.612. The molecular formula is C57H33N5S2. The number of hydrogen-bond acceptors (Lipinski definition) is 5. The third kappa shape index (κ3) is 5.26. The van der Waals surface area contributed by atoms with E-state index in [1.165, 1.54) is 61.9 Å². The van der Waals surface area contributed by atoms with Crippen molar-refractivity contribution < 1.29 is 0 Å². The van der Waals surface area contributed by atoms with E-state index >= 15 is 0 Å². The molecule has 0 unspecified atom stereocenters. The van der Waals surface area contributed by atoms with E-state index in [9.17, 15) is 0 Å². The molecule has 7 heteroatoms. The smallest absolute Gasteiger partial charge is 0.166 e.